The molecule has 0 amide bonds. The quantitative estimate of drug-likeness (QED) is 0.762. The minimum absolute atomic E-state index is 0.0264. The highest BCUT2D eigenvalue weighted by atomic mass is 32.1. The first-order chi connectivity index (χ1) is 12.1. The molecule has 4 rings (SSSR count). The number of hydrogen-bond acceptors (Lipinski definition) is 4. The predicted octanol–water partition coefficient (Wildman–Crippen LogP) is 4.33. The molecule has 0 spiro atoms. The Labute approximate surface area is 151 Å². The third-order valence-electron chi connectivity index (χ3n) is 5.15. The van der Waals surface area contributed by atoms with E-state index in [1.165, 1.54) is 24.8 Å². The Balaban J connectivity index is 1.69. The highest BCUT2D eigenvalue weighted by Crippen LogP contribution is 2.31. The number of fused-ring (bicyclic) bond motifs is 1. The average Bonchev–Trinajstić information content (AvgIpc) is 3.02. The fourth-order valence-electron chi connectivity index (χ4n) is 3.60. The van der Waals surface area contributed by atoms with Crippen LogP contribution in [0.1, 0.15) is 37.6 Å². The summed E-state index contributed by atoms with van der Waals surface area (Å²) in [4.78, 5) is 23.8. The summed E-state index contributed by atoms with van der Waals surface area (Å²) in [6, 6.07) is 8.85. The number of aromatic amines is 1. The molecule has 0 unspecified atom stereocenters. The normalized spacial score (nSPS) is 18.7. The van der Waals surface area contributed by atoms with Gasteiger partial charge >= 0.3 is 0 Å². The molecule has 1 saturated heterocycles. The number of likely N-dealkylation sites (tertiary alicyclic amines) is 1. The van der Waals surface area contributed by atoms with Gasteiger partial charge in [0.1, 0.15) is 10.7 Å². The number of rotatable bonds is 3. The van der Waals surface area contributed by atoms with E-state index in [-0.39, 0.29) is 5.56 Å². The lowest BCUT2D eigenvalue weighted by Crippen LogP contribution is -2.37. The Hall–Kier alpha value is -1.98. The van der Waals surface area contributed by atoms with Crippen LogP contribution in [0.2, 0.25) is 0 Å². The maximum absolute atomic E-state index is 12.7. The maximum Gasteiger partial charge on any atom is 0.260 e. The van der Waals surface area contributed by atoms with Gasteiger partial charge in [0.2, 0.25) is 0 Å². The van der Waals surface area contributed by atoms with Crippen molar-refractivity contribution >= 4 is 21.6 Å². The zero-order valence-electron chi connectivity index (χ0n) is 14.7. The molecule has 1 aliphatic rings. The van der Waals surface area contributed by atoms with Crippen LogP contribution in [-0.4, -0.2) is 27.5 Å². The Bertz CT molecular complexity index is 942. The SMILES string of the molecule is Cc1ccc(-c2csc3nc(CN4CCCC[C@@H]4C)[nH]c(=O)c23)cc1. The number of aryl methyl sites for hydroxylation is 1. The van der Waals surface area contributed by atoms with E-state index in [1.54, 1.807) is 11.3 Å². The highest BCUT2D eigenvalue weighted by molar-refractivity contribution is 7.17. The molecule has 4 nitrogen and oxygen atoms in total. The van der Waals surface area contributed by atoms with Crippen molar-refractivity contribution < 1.29 is 0 Å². The zero-order valence-corrected chi connectivity index (χ0v) is 15.5. The minimum Gasteiger partial charge on any atom is -0.309 e. The van der Waals surface area contributed by atoms with Crippen LogP contribution < -0.4 is 5.56 Å². The third kappa shape index (κ3) is 3.26. The van der Waals surface area contributed by atoms with Gasteiger partial charge in [0, 0.05) is 17.0 Å². The van der Waals surface area contributed by atoms with Gasteiger partial charge in [0.25, 0.3) is 5.56 Å². The molecule has 1 aromatic carbocycles. The van der Waals surface area contributed by atoms with Crippen LogP contribution in [0.3, 0.4) is 0 Å². The molecule has 130 valence electrons. The molecular formula is C20H23N3OS. The standard InChI is InChI=1S/C20H23N3OS/c1-13-6-8-15(9-7-13)16-12-25-20-18(16)19(24)21-17(22-20)11-23-10-4-3-5-14(23)2/h6-9,12,14H,3-5,10-11H2,1-2H3,(H,21,22,24)/t14-/m0/s1. The van der Waals surface area contributed by atoms with Gasteiger partial charge in [-0.1, -0.05) is 36.2 Å². The average molecular weight is 353 g/mol. The Morgan fingerprint density at radius 3 is 2.84 bits per heavy atom. The van der Waals surface area contributed by atoms with E-state index in [4.69, 9.17) is 4.98 Å². The van der Waals surface area contributed by atoms with Crippen molar-refractivity contribution in [2.75, 3.05) is 6.54 Å². The lowest BCUT2D eigenvalue weighted by atomic mass is 10.0. The molecule has 0 saturated carbocycles. The van der Waals surface area contributed by atoms with Crippen molar-refractivity contribution in [3.8, 4) is 11.1 Å². The van der Waals surface area contributed by atoms with E-state index in [0.29, 0.717) is 11.4 Å². The molecule has 3 aromatic rings. The number of nitrogens with zero attached hydrogens (tertiary/aromatic N) is 2. The van der Waals surface area contributed by atoms with Crippen molar-refractivity contribution in [1.82, 2.24) is 14.9 Å². The second-order valence-corrected chi connectivity index (χ2v) is 7.88. The summed E-state index contributed by atoms with van der Waals surface area (Å²) in [5, 5.41) is 2.76. The largest absolute Gasteiger partial charge is 0.309 e. The van der Waals surface area contributed by atoms with Gasteiger partial charge in [0.15, 0.2) is 0 Å². The zero-order chi connectivity index (χ0) is 17.4. The van der Waals surface area contributed by atoms with Crippen molar-refractivity contribution in [3.63, 3.8) is 0 Å². The second kappa shape index (κ2) is 6.73. The van der Waals surface area contributed by atoms with Crippen molar-refractivity contribution in [2.24, 2.45) is 0 Å². The van der Waals surface area contributed by atoms with E-state index in [1.807, 2.05) is 5.38 Å². The first-order valence-electron chi connectivity index (χ1n) is 8.93. The second-order valence-electron chi connectivity index (χ2n) is 7.02. The molecule has 0 bridgehead atoms. The summed E-state index contributed by atoms with van der Waals surface area (Å²) >= 11 is 1.55. The molecule has 1 fully saturated rings. The summed E-state index contributed by atoms with van der Waals surface area (Å²) in [7, 11) is 0. The first kappa shape index (κ1) is 16.5. The predicted molar refractivity (Wildman–Crippen MR) is 104 cm³/mol. The van der Waals surface area contributed by atoms with Gasteiger partial charge in [-0.15, -0.1) is 11.3 Å². The maximum atomic E-state index is 12.7. The molecule has 0 radical (unpaired) electrons. The number of piperidine rings is 1. The fraction of sp³-hybridized carbons (Fsp3) is 0.400. The van der Waals surface area contributed by atoms with E-state index in [2.05, 4.69) is 48.0 Å². The van der Waals surface area contributed by atoms with Gasteiger partial charge in [-0.2, -0.15) is 0 Å². The summed E-state index contributed by atoms with van der Waals surface area (Å²) in [6.07, 6.45) is 3.75. The lowest BCUT2D eigenvalue weighted by molar-refractivity contribution is 0.149. The topological polar surface area (TPSA) is 49.0 Å². The number of thiophene rings is 1. The molecule has 1 atom stereocenters. The Morgan fingerprint density at radius 1 is 1.28 bits per heavy atom. The number of aromatic nitrogens is 2. The Kier molecular flexibility index (Phi) is 4.44. The van der Waals surface area contributed by atoms with E-state index in [9.17, 15) is 4.79 Å². The summed E-state index contributed by atoms with van der Waals surface area (Å²) < 4.78 is 0. The van der Waals surface area contributed by atoms with Crippen LogP contribution in [0.4, 0.5) is 0 Å². The minimum atomic E-state index is -0.0264. The highest BCUT2D eigenvalue weighted by Gasteiger charge is 2.20. The summed E-state index contributed by atoms with van der Waals surface area (Å²) in [5.41, 5.74) is 3.24. The molecule has 1 aliphatic heterocycles. The monoisotopic (exact) mass is 353 g/mol. The number of hydrogen-bond donors (Lipinski definition) is 1. The van der Waals surface area contributed by atoms with Gasteiger partial charge in [-0.25, -0.2) is 4.98 Å². The van der Waals surface area contributed by atoms with Crippen LogP contribution in [0.15, 0.2) is 34.4 Å². The van der Waals surface area contributed by atoms with E-state index < -0.39 is 0 Å². The number of H-pyrrole nitrogens is 1. The third-order valence-corrected chi connectivity index (χ3v) is 6.02. The molecule has 0 aliphatic carbocycles. The molecule has 3 heterocycles. The van der Waals surface area contributed by atoms with Crippen LogP contribution in [0.5, 0.6) is 0 Å². The fourth-order valence-corrected chi connectivity index (χ4v) is 4.57. The summed E-state index contributed by atoms with van der Waals surface area (Å²) in [6.45, 7) is 6.14. The van der Waals surface area contributed by atoms with Gasteiger partial charge in [-0.3, -0.25) is 9.69 Å². The van der Waals surface area contributed by atoms with Crippen LogP contribution in [-0.2, 0) is 6.54 Å². The van der Waals surface area contributed by atoms with Crippen molar-refractivity contribution in [2.45, 2.75) is 45.7 Å². The number of benzene rings is 1. The molecule has 2 aromatic heterocycles. The molecule has 1 N–H and O–H groups in total. The molecular weight excluding hydrogens is 330 g/mol. The van der Waals surface area contributed by atoms with Gasteiger partial charge in [-0.05, 0) is 38.8 Å². The van der Waals surface area contributed by atoms with E-state index >= 15 is 0 Å². The number of nitrogens with one attached hydrogen (secondary N) is 1. The smallest absolute Gasteiger partial charge is 0.260 e. The first-order valence-corrected chi connectivity index (χ1v) is 9.81. The van der Waals surface area contributed by atoms with Crippen LogP contribution >= 0.6 is 11.3 Å². The van der Waals surface area contributed by atoms with Crippen LogP contribution in [0, 0.1) is 6.92 Å². The van der Waals surface area contributed by atoms with Gasteiger partial charge in [0.05, 0.1) is 11.9 Å². The lowest BCUT2D eigenvalue weighted by Gasteiger charge is -2.32. The summed E-state index contributed by atoms with van der Waals surface area (Å²) in [5.74, 6) is 0.781. The molecule has 25 heavy (non-hydrogen) atoms. The Morgan fingerprint density at radius 2 is 2.08 bits per heavy atom. The van der Waals surface area contributed by atoms with E-state index in [0.717, 1.165) is 34.9 Å². The molecule has 5 heteroatoms. The van der Waals surface area contributed by atoms with Gasteiger partial charge < -0.3 is 4.98 Å². The van der Waals surface area contributed by atoms with Crippen LogP contribution in [0.25, 0.3) is 21.3 Å². The van der Waals surface area contributed by atoms with Crippen molar-refractivity contribution in [3.05, 3.63) is 51.4 Å². The van der Waals surface area contributed by atoms with Crippen molar-refractivity contribution in [1.29, 1.82) is 0 Å².